The van der Waals surface area contributed by atoms with Crippen molar-refractivity contribution in [1.29, 1.82) is 0 Å². The second-order valence-electron chi connectivity index (χ2n) is 7.02. The Morgan fingerprint density at radius 3 is 2.86 bits per heavy atom. The molecule has 2 aliphatic rings. The normalized spacial score (nSPS) is 19.5. The van der Waals surface area contributed by atoms with Gasteiger partial charge in [0.1, 0.15) is 33.7 Å². The lowest BCUT2D eigenvalue weighted by Crippen LogP contribution is -2.71. The van der Waals surface area contributed by atoms with E-state index >= 15 is 0 Å². The largest absolute Gasteiger partial charge is 0.477 e. The molecule has 190 valence electrons. The summed E-state index contributed by atoms with van der Waals surface area (Å²) in [6.07, 6.45) is 0.439. The number of nitrogens with zero attached hydrogens (tertiary/aromatic N) is 7. The number of carbonyl (C=O) groups excluding carboxylic acids is 3. The number of anilines is 1. The molecule has 0 aromatic carbocycles. The zero-order chi connectivity index (χ0) is 26.0. The summed E-state index contributed by atoms with van der Waals surface area (Å²) < 4.78 is 1.87. The van der Waals surface area contributed by atoms with Gasteiger partial charge in [0, 0.05) is 18.6 Å². The lowest BCUT2D eigenvalue weighted by Gasteiger charge is -2.49. The number of hydrogen-bond acceptors (Lipinski definition) is 13. The van der Waals surface area contributed by atoms with Gasteiger partial charge in [0.25, 0.3) is 11.8 Å². The van der Waals surface area contributed by atoms with Gasteiger partial charge < -0.3 is 20.6 Å². The summed E-state index contributed by atoms with van der Waals surface area (Å²) in [7, 11) is 2.91. The van der Waals surface area contributed by atoms with E-state index in [1.165, 1.54) is 40.2 Å². The van der Waals surface area contributed by atoms with Crippen LogP contribution in [-0.4, -0.2) is 95.1 Å². The minimum absolute atomic E-state index is 0.104. The standard InChI is InChI=1S/C17H16BrN9O6S3/c1-26-17(22-24-25-26)35-4-6-3-34-14-9(13(30)27(14)10(6)15(31)32)20-12(29)8(23-33-2)7-11(18)36-16(21-7)19-5-28/h5,9,14H,3-4H2,1-2H3,(H,20,29)(H,31,32)(H,19,21,28)/t9?,14-/m0/s1. The van der Waals surface area contributed by atoms with E-state index in [2.05, 4.69) is 52.2 Å². The molecule has 0 aliphatic carbocycles. The fraction of sp³-hybridized carbons (Fsp3) is 0.353. The Morgan fingerprint density at radius 1 is 1.44 bits per heavy atom. The van der Waals surface area contributed by atoms with Crippen molar-refractivity contribution in [3.8, 4) is 0 Å². The third kappa shape index (κ3) is 4.95. The highest BCUT2D eigenvalue weighted by Crippen LogP contribution is 2.41. The van der Waals surface area contributed by atoms with Gasteiger partial charge in [-0.1, -0.05) is 28.3 Å². The highest BCUT2D eigenvalue weighted by atomic mass is 79.9. The summed E-state index contributed by atoms with van der Waals surface area (Å²) in [5.41, 5.74) is 0.301. The molecule has 1 unspecified atom stereocenters. The van der Waals surface area contributed by atoms with Crippen LogP contribution >= 0.6 is 50.8 Å². The number of tetrazole rings is 1. The van der Waals surface area contributed by atoms with E-state index < -0.39 is 29.2 Å². The number of carboxylic acid groups (broad SMARTS) is 1. The van der Waals surface area contributed by atoms with E-state index in [1.54, 1.807) is 7.05 Å². The third-order valence-corrected chi connectivity index (χ3v) is 8.96. The number of aliphatic carboxylic acids is 1. The van der Waals surface area contributed by atoms with E-state index in [0.717, 1.165) is 11.3 Å². The quantitative estimate of drug-likeness (QED) is 0.105. The van der Waals surface area contributed by atoms with Crippen molar-refractivity contribution >= 4 is 85.8 Å². The lowest BCUT2D eigenvalue weighted by atomic mass is 10.0. The van der Waals surface area contributed by atoms with E-state index in [1.807, 2.05) is 0 Å². The van der Waals surface area contributed by atoms with Crippen LogP contribution in [0.5, 0.6) is 0 Å². The van der Waals surface area contributed by atoms with E-state index in [0.29, 0.717) is 26.7 Å². The Labute approximate surface area is 223 Å². The molecule has 0 radical (unpaired) electrons. The molecule has 4 rings (SSSR count). The summed E-state index contributed by atoms with van der Waals surface area (Å²) >= 11 is 6.91. The fourth-order valence-electron chi connectivity index (χ4n) is 3.34. The van der Waals surface area contributed by atoms with Crippen LogP contribution in [0, 0.1) is 0 Å². The lowest BCUT2D eigenvalue weighted by molar-refractivity contribution is -0.150. The summed E-state index contributed by atoms with van der Waals surface area (Å²) in [5, 5.41) is 29.8. The highest BCUT2D eigenvalue weighted by Gasteiger charge is 2.54. The molecule has 4 heterocycles. The molecule has 1 saturated heterocycles. The molecule has 19 heteroatoms. The number of hydrogen-bond donors (Lipinski definition) is 3. The van der Waals surface area contributed by atoms with Crippen molar-refractivity contribution in [2.24, 2.45) is 12.2 Å². The number of carbonyl (C=O) groups is 4. The average Bonchev–Trinajstić information content (AvgIpc) is 3.43. The fourth-order valence-corrected chi connectivity index (χ4v) is 7.07. The van der Waals surface area contributed by atoms with Crippen LogP contribution in [0.1, 0.15) is 5.69 Å². The number of thiazole rings is 1. The zero-order valence-electron chi connectivity index (χ0n) is 18.4. The van der Waals surface area contributed by atoms with Gasteiger partial charge in [0.15, 0.2) is 10.8 Å². The number of aromatic nitrogens is 5. The molecular weight excluding hydrogens is 602 g/mol. The second-order valence-corrected chi connectivity index (χ2v) is 11.4. The van der Waals surface area contributed by atoms with Gasteiger partial charge in [0.05, 0.1) is 0 Å². The number of carboxylic acids is 1. The van der Waals surface area contributed by atoms with E-state index in [9.17, 15) is 24.3 Å². The number of amides is 3. The maximum Gasteiger partial charge on any atom is 0.352 e. The van der Waals surface area contributed by atoms with Crippen LogP contribution in [0.15, 0.2) is 25.4 Å². The number of thioether (sulfide) groups is 2. The summed E-state index contributed by atoms with van der Waals surface area (Å²) in [6.45, 7) is 0. The predicted octanol–water partition coefficient (Wildman–Crippen LogP) is -0.121. The van der Waals surface area contributed by atoms with Gasteiger partial charge in [-0.3, -0.25) is 19.3 Å². The van der Waals surface area contributed by atoms with E-state index in [-0.39, 0.29) is 28.0 Å². The molecule has 2 aromatic rings. The van der Waals surface area contributed by atoms with Crippen LogP contribution in [-0.2, 0) is 31.1 Å². The molecule has 2 aliphatic heterocycles. The van der Waals surface area contributed by atoms with Gasteiger partial charge in [0.2, 0.25) is 11.6 Å². The molecule has 0 bridgehead atoms. The second kappa shape index (κ2) is 10.9. The average molecular weight is 618 g/mol. The van der Waals surface area contributed by atoms with Crippen LogP contribution in [0.2, 0.25) is 0 Å². The summed E-state index contributed by atoms with van der Waals surface area (Å²) in [5.74, 6) is -1.96. The Hall–Kier alpha value is -3.03. The molecule has 0 saturated carbocycles. The van der Waals surface area contributed by atoms with Crippen molar-refractivity contribution in [3.05, 3.63) is 20.8 Å². The Kier molecular flexibility index (Phi) is 7.91. The van der Waals surface area contributed by atoms with Crippen LogP contribution in [0.4, 0.5) is 5.13 Å². The first-order valence-corrected chi connectivity index (χ1v) is 13.4. The molecule has 0 spiro atoms. The maximum absolute atomic E-state index is 13.0. The Bertz CT molecular complexity index is 1290. The number of nitrogens with one attached hydrogen (secondary N) is 2. The number of halogens is 1. The topological polar surface area (TPSA) is 194 Å². The van der Waals surface area contributed by atoms with Crippen molar-refractivity contribution in [2.45, 2.75) is 16.6 Å². The van der Waals surface area contributed by atoms with E-state index in [4.69, 9.17) is 4.84 Å². The van der Waals surface area contributed by atoms with Crippen LogP contribution in [0.25, 0.3) is 0 Å². The third-order valence-electron chi connectivity index (χ3n) is 4.88. The molecule has 3 amide bonds. The van der Waals surface area contributed by atoms with Gasteiger partial charge in [-0.2, -0.15) is 0 Å². The molecule has 1 fully saturated rings. The van der Waals surface area contributed by atoms with Crippen molar-refractivity contribution in [1.82, 2.24) is 35.4 Å². The Balaban J connectivity index is 1.50. The summed E-state index contributed by atoms with van der Waals surface area (Å²) in [6, 6.07) is -0.985. The number of rotatable bonds is 10. The molecule has 2 aromatic heterocycles. The molecular formula is C17H16BrN9O6S3. The SMILES string of the molecule is CON=C(C(=O)NC1C(=O)N2C(C(=O)O)=C(CSc3nnnn3C)CS[C@@H]12)c1nc(NC=O)sc1Br. The first kappa shape index (κ1) is 26.0. The first-order chi connectivity index (χ1) is 17.3. The van der Waals surface area contributed by atoms with Crippen LogP contribution < -0.4 is 10.6 Å². The number of fused-ring (bicyclic) bond motifs is 1. The van der Waals surface area contributed by atoms with Gasteiger partial charge in [-0.25, -0.2) is 14.5 Å². The smallest absolute Gasteiger partial charge is 0.352 e. The monoisotopic (exact) mass is 617 g/mol. The van der Waals surface area contributed by atoms with Crippen molar-refractivity contribution in [3.63, 3.8) is 0 Å². The Morgan fingerprint density at radius 2 is 2.22 bits per heavy atom. The van der Waals surface area contributed by atoms with Crippen molar-refractivity contribution in [2.75, 3.05) is 23.9 Å². The minimum Gasteiger partial charge on any atom is -0.477 e. The van der Waals surface area contributed by atoms with Gasteiger partial charge >= 0.3 is 5.97 Å². The molecule has 3 N–H and O–H groups in total. The minimum atomic E-state index is -1.24. The zero-order valence-corrected chi connectivity index (χ0v) is 22.4. The van der Waals surface area contributed by atoms with Gasteiger partial charge in [-0.15, -0.1) is 16.9 Å². The molecule has 36 heavy (non-hydrogen) atoms. The highest BCUT2D eigenvalue weighted by molar-refractivity contribution is 9.11. The van der Waals surface area contributed by atoms with Gasteiger partial charge in [-0.05, 0) is 31.9 Å². The van der Waals surface area contributed by atoms with Crippen molar-refractivity contribution < 1.29 is 29.1 Å². The number of β-lactam (4-membered cyclic amide) rings is 1. The number of oxime groups is 1. The molecule has 15 nitrogen and oxygen atoms in total. The number of aryl methyl sites for hydroxylation is 1. The molecule has 2 atom stereocenters. The first-order valence-electron chi connectivity index (χ1n) is 9.80. The maximum atomic E-state index is 13.0. The van der Waals surface area contributed by atoms with Crippen LogP contribution in [0.3, 0.4) is 0 Å². The predicted molar refractivity (Wildman–Crippen MR) is 132 cm³/mol. The summed E-state index contributed by atoms with van der Waals surface area (Å²) in [4.78, 5) is 58.8.